The van der Waals surface area contributed by atoms with Crippen LogP contribution < -0.4 is 15.4 Å². The zero-order chi connectivity index (χ0) is 21.1. The molecular formula is C18H20F5N5O. The second-order valence-corrected chi connectivity index (χ2v) is 6.93. The zero-order valence-corrected chi connectivity index (χ0v) is 15.3. The highest BCUT2D eigenvalue weighted by atomic mass is 19.4. The molecule has 0 spiro atoms. The molecule has 0 aromatic carbocycles. The van der Waals surface area contributed by atoms with E-state index in [1.54, 1.807) is 0 Å². The number of pyridine rings is 1. The number of halogens is 5. The summed E-state index contributed by atoms with van der Waals surface area (Å²) < 4.78 is 67.0. The summed E-state index contributed by atoms with van der Waals surface area (Å²) >= 11 is 0. The van der Waals surface area contributed by atoms with Crippen molar-refractivity contribution < 1.29 is 26.7 Å². The van der Waals surface area contributed by atoms with Crippen LogP contribution in [0.25, 0.3) is 0 Å². The van der Waals surface area contributed by atoms with Crippen LogP contribution in [0, 0.1) is 5.92 Å². The number of ether oxygens (including phenoxy) is 1. The first-order valence-electron chi connectivity index (χ1n) is 8.95. The van der Waals surface area contributed by atoms with Crippen molar-refractivity contribution in [3.8, 4) is 5.88 Å². The Hall–Kier alpha value is -2.56. The highest BCUT2D eigenvalue weighted by Crippen LogP contribution is 2.36. The fourth-order valence-electron chi connectivity index (χ4n) is 2.51. The predicted octanol–water partition coefficient (Wildman–Crippen LogP) is 3.36. The van der Waals surface area contributed by atoms with Crippen molar-refractivity contribution in [1.82, 2.24) is 15.0 Å². The minimum absolute atomic E-state index is 0.162. The third-order valence-electron chi connectivity index (χ3n) is 4.30. The van der Waals surface area contributed by atoms with Gasteiger partial charge in [0.05, 0.1) is 25.4 Å². The molecule has 0 radical (unpaired) electrons. The summed E-state index contributed by atoms with van der Waals surface area (Å²) in [5.74, 6) is -1.21. The molecule has 1 aliphatic carbocycles. The SMILES string of the molecule is FC1(F)CN(c2nccnc2OCC2CC2)C1.N[C@@H](c1ccccn1)C(F)(F)F. The van der Waals surface area contributed by atoms with Gasteiger partial charge >= 0.3 is 6.18 Å². The van der Waals surface area contributed by atoms with Gasteiger partial charge in [-0.05, 0) is 30.9 Å². The van der Waals surface area contributed by atoms with Gasteiger partial charge in [-0.2, -0.15) is 13.2 Å². The first kappa shape index (κ1) is 21.2. The number of alkyl halides is 5. The molecule has 3 heterocycles. The summed E-state index contributed by atoms with van der Waals surface area (Å²) in [6.45, 7) is 0.00684. The van der Waals surface area contributed by atoms with Crippen molar-refractivity contribution in [1.29, 1.82) is 0 Å². The maximum atomic E-state index is 12.8. The molecule has 0 amide bonds. The average Bonchev–Trinajstić information content (AvgIpc) is 3.49. The second-order valence-electron chi connectivity index (χ2n) is 6.93. The number of anilines is 1. The van der Waals surface area contributed by atoms with E-state index in [9.17, 15) is 22.0 Å². The first-order valence-corrected chi connectivity index (χ1v) is 8.95. The van der Waals surface area contributed by atoms with Crippen LogP contribution in [0.1, 0.15) is 24.6 Å². The Balaban J connectivity index is 0.000000177. The predicted molar refractivity (Wildman–Crippen MR) is 94.6 cm³/mol. The third kappa shape index (κ3) is 5.96. The van der Waals surface area contributed by atoms with Crippen molar-refractivity contribution in [2.24, 2.45) is 11.7 Å². The van der Waals surface area contributed by atoms with E-state index in [-0.39, 0.29) is 18.8 Å². The lowest BCUT2D eigenvalue weighted by molar-refractivity contribution is -0.150. The summed E-state index contributed by atoms with van der Waals surface area (Å²) in [7, 11) is 0. The minimum Gasteiger partial charge on any atom is -0.475 e. The van der Waals surface area contributed by atoms with Gasteiger partial charge in [-0.15, -0.1) is 0 Å². The smallest absolute Gasteiger partial charge is 0.409 e. The summed E-state index contributed by atoms with van der Waals surface area (Å²) in [6, 6.07) is 2.26. The molecule has 1 atom stereocenters. The van der Waals surface area contributed by atoms with Crippen LogP contribution in [0.5, 0.6) is 5.88 Å². The fraction of sp³-hybridized carbons (Fsp3) is 0.500. The van der Waals surface area contributed by atoms with Gasteiger partial charge in [-0.3, -0.25) is 4.98 Å². The lowest BCUT2D eigenvalue weighted by Crippen LogP contribution is -2.56. The van der Waals surface area contributed by atoms with Gasteiger partial charge in [0.25, 0.3) is 11.8 Å². The van der Waals surface area contributed by atoms with Crippen molar-refractivity contribution in [2.75, 3.05) is 24.6 Å². The molecule has 2 N–H and O–H groups in total. The third-order valence-corrected chi connectivity index (χ3v) is 4.30. The van der Waals surface area contributed by atoms with E-state index in [1.165, 1.54) is 54.5 Å². The number of nitrogens with zero attached hydrogens (tertiary/aromatic N) is 4. The fourth-order valence-corrected chi connectivity index (χ4v) is 2.51. The Morgan fingerprint density at radius 2 is 1.79 bits per heavy atom. The van der Waals surface area contributed by atoms with Gasteiger partial charge in [0.2, 0.25) is 0 Å². The molecule has 2 aromatic rings. The van der Waals surface area contributed by atoms with E-state index < -0.39 is 18.1 Å². The molecule has 2 fully saturated rings. The standard InChI is InChI=1S/C11H13F2N3O.C7H7F3N2/c12-11(13)6-16(7-11)9-10(15-4-3-14-9)17-5-8-1-2-8;8-7(9,10)6(11)5-3-1-2-4-12-5/h3-4,8H,1-2,5-7H2;1-4,6H,11H2/t;6-/m.0/s1. The number of hydrogen-bond donors (Lipinski definition) is 1. The molecule has 6 nitrogen and oxygen atoms in total. The van der Waals surface area contributed by atoms with Crippen LogP contribution in [-0.2, 0) is 0 Å². The molecule has 0 bridgehead atoms. The van der Waals surface area contributed by atoms with Crippen LogP contribution in [0.4, 0.5) is 27.8 Å². The molecule has 2 aromatic heterocycles. The molecule has 29 heavy (non-hydrogen) atoms. The largest absolute Gasteiger partial charge is 0.475 e. The summed E-state index contributed by atoms with van der Waals surface area (Å²) in [5.41, 5.74) is 4.72. The number of hydrogen-bond acceptors (Lipinski definition) is 6. The molecule has 2 aliphatic rings. The molecular weight excluding hydrogens is 397 g/mol. The maximum absolute atomic E-state index is 12.8. The topological polar surface area (TPSA) is 77.2 Å². The van der Waals surface area contributed by atoms with Gasteiger partial charge in [0.15, 0.2) is 5.82 Å². The lowest BCUT2D eigenvalue weighted by Gasteiger charge is -2.39. The van der Waals surface area contributed by atoms with E-state index in [2.05, 4.69) is 15.0 Å². The van der Waals surface area contributed by atoms with Gasteiger partial charge in [-0.1, -0.05) is 6.07 Å². The summed E-state index contributed by atoms with van der Waals surface area (Å²) in [4.78, 5) is 13.1. The van der Waals surface area contributed by atoms with Crippen LogP contribution in [0.3, 0.4) is 0 Å². The van der Waals surface area contributed by atoms with E-state index in [0.29, 0.717) is 24.2 Å². The summed E-state index contributed by atoms with van der Waals surface area (Å²) in [5, 5.41) is 0. The Labute approximate surface area is 163 Å². The normalized spacial score (nSPS) is 18.9. The zero-order valence-electron chi connectivity index (χ0n) is 15.3. The average molecular weight is 417 g/mol. The van der Waals surface area contributed by atoms with Crippen molar-refractivity contribution in [3.63, 3.8) is 0 Å². The van der Waals surface area contributed by atoms with Crippen molar-refractivity contribution in [2.45, 2.75) is 31.0 Å². The van der Waals surface area contributed by atoms with Gasteiger partial charge in [0, 0.05) is 18.6 Å². The van der Waals surface area contributed by atoms with Crippen molar-refractivity contribution in [3.05, 3.63) is 42.5 Å². The number of nitrogens with two attached hydrogens (primary N) is 1. The van der Waals surface area contributed by atoms with E-state index in [4.69, 9.17) is 10.5 Å². The van der Waals surface area contributed by atoms with Crippen LogP contribution in [-0.4, -0.2) is 46.7 Å². The molecule has 0 unspecified atom stereocenters. The molecule has 1 aliphatic heterocycles. The molecule has 4 rings (SSSR count). The van der Waals surface area contributed by atoms with Gasteiger partial charge in [-0.25, -0.2) is 18.7 Å². The number of aromatic nitrogens is 3. The van der Waals surface area contributed by atoms with Crippen LogP contribution >= 0.6 is 0 Å². The first-order chi connectivity index (χ1) is 13.7. The van der Waals surface area contributed by atoms with Gasteiger partial charge < -0.3 is 15.4 Å². The van der Waals surface area contributed by atoms with Crippen LogP contribution in [0.15, 0.2) is 36.8 Å². The van der Waals surface area contributed by atoms with Crippen molar-refractivity contribution >= 4 is 5.82 Å². The monoisotopic (exact) mass is 417 g/mol. The second kappa shape index (κ2) is 8.44. The van der Waals surface area contributed by atoms with E-state index in [0.717, 1.165) is 0 Å². The molecule has 1 saturated carbocycles. The Morgan fingerprint density at radius 3 is 2.34 bits per heavy atom. The van der Waals surface area contributed by atoms with E-state index in [1.807, 2.05) is 0 Å². The highest BCUT2D eigenvalue weighted by Gasteiger charge is 2.45. The highest BCUT2D eigenvalue weighted by molar-refractivity contribution is 5.51. The molecule has 158 valence electrons. The minimum atomic E-state index is -4.42. The quantitative estimate of drug-likeness (QED) is 0.752. The maximum Gasteiger partial charge on any atom is 0.409 e. The van der Waals surface area contributed by atoms with Gasteiger partial charge in [0.1, 0.15) is 6.04 Å². The Kier molecular flexibility index (Phi) is 6.15. The molecule has 1 saturated heterocycles. The summed E-state index contributed by atoms with van der Waals surface area (Å²) in [6.07, 6.45) is 2.23. The van der Waals surface area contributed by atoms with Crippen LogP contribution in [0.2, 0.25) is 0 Å². The number of rotatable bonds is 5. The Bertz CT molecular complexity index is 793. The van der Waals surface area contributed by atoms with E-state index >= 15 is 0 Å². The Morgan fingerprint density at radius 1 is 1.10 bits per heavy atom. The molecule has 11 heteroatoms. The lowest BCUT2D eigenvalue weighted by atomic mass is 10.1.